The lowest BCUT2D eigenvalue weighted by Crippen LogP contribution is -2.29. The normalized spacial score (nSPS) is 12.9. The number of benzene rings is 2. The predicted molar refractivity (Wildman–Crippen MR) is 102 cm³/mol. The van der Waals surface area contributed by atoms with Gasteiger partial charge in [-0.3, -0.25) is 4.79 Å². The maximum atomic E-state index is 12.9. The first-order valence-corrected chi connectivity index (χ1v) is 10.00. The molecule has 2 aromatic carbocycles. The van der Waals surface area contributed by atoms with Crippen LogP contribution in [-0.4, -0.2) is 41.3 Å². The van der Waals surface area contributed by atoms with Crippen LogP contribution in [0.2, 0.25) is 0 Å². The van der Waals surface area contributed by atoms with E-state index in [-0.39, 0.29) is 16.8 Å². The summed E-state index contributed by atoms with van der Waals surface area (Å²) in [5, 5.41) is 13.3. The molecule has 1 amide bonds. The second-order valence-electron chi connectivity index (χ2n) is 6.31. The summed E-state index contributed by atoms with van der Waals surface area (Å²) in [6, 6.07) is 11.3. The summed E-state index contributed by atoms with van der Waals surface area (Å²) in [4.78, 5) is 14.5. The number of hydrogen-bond acceptors (Lipinski definition) is 5. The number of amides is 1. The van der Waals surface area contributed by atoms with E-state index < -0.39 is 10.0 Å². The molecule has 142 valence electrons. The largest absolute Gasteiger partial charge is 0.335 e. The zero-order chi connectivity index (χ0) is 19.8. The van der Waals surface area contributed by atoms with Crippen LogP contribution in [0.25, 0.3) is 11.0 Å². The highest BCUT2D eigenvalue weighted by Crippen LogP contribution is 2.23. The molecule has 1 unspecified atom stereocenters. The summed E-state index contributed by atoms with van der Waals surface area (Å²) in [6.07, 6.45) is 0. The first-order chi connectivity index (χ1) is 12.7. The van der Waals surface area contributed by atoms with Crippen molar-refractivity contribution < 1.29 is 13.2 Å². The van der Waals surface area contributed by atoms with Gasteiger partial charge >= 0.3 is 0 Å². The van der Waals surface area contributed by atoms with Crippen molar-refractivity contribution in [3.05, 3.63) is 53.6 Å². The molecule has 1 aromatic heterocycles. The number of carbonyl (C=O) groups is 1. The van der Waals surface area contributed by atoms with Crippen molar-refractivity contribution in [1.82, 2.24) is 19.9 Å². The Bertz CT molecular complexity index is 1090. The van der Waals surface area contributed by atoms with Gasteiger partial charge in [0.25, 0.3) is 5.91 Å². The summed E-state index contributed by atoms with van der Waals surface area (Å²) < 4.78 is 24.5. The van der Waals surface area contributed by atoms with Crippen LogP contribution in [0.4, 0.5) is 0 Å². The van der Waals surface area contributed by atoms with Gasteiger partial charge in [0.2, 0.25) is 10.0 Å². The Labute approximate surface area is 157 Å². The van der Waals surface area contributed by atoms with Gasteiger partial charge in [0.1, 0.15) is 5.52 Å². The molecule has 8 nitrogen and oxygen atoms in total. The lowest BCUT2D eigenvalue weighted by atomic mass is 10.1. The fourth-order valence-corrected chi connectivity index (χ4v) is 3.39. The van der Waals surface area contributed by atoms with Gasteiger partial charge in [-0.1, -0.05) is 17.3 Å². The zero-order valence-electron chi connectivity index (χ0n) is 15.3. The highest BCUT2D eigenvalue weighted by molar-refractivity contribution is 7.89. The second-order valence-corrected chi connectivity index (χ2v) is 7.88. The SMILES string of the molecule is CCn1nnc2cc(C(=O)N(C)C(C)c3ccc(S(N)(=O)=O)cc3)ccc21. The lowest BCUT2D eigenvalue weighted by Gasteiger charge is -2.25. The lowest BCUT2D eigenvalue weighted by molar-refractivity contribution is 0.0742. The van der Waals surface area contributed by atoms with Crippen molar-refractivity contribution in [2.24, 2.45) is 5.14 Å². The van der Waals surface area contributed by atoms with E-state index in [1.54, 1.807) is 40.9 Å². The van der Waals surface area contributed by atoms with Crippen LogP contribution in [-0.2, 0) is 16.6 Å². The molecular weight excluding hydrogens is 366 g/mol. The molecule has 27 heavy (non-hydrogen) atoms. The fraction of sp³-hybridized carbons (Fsp3) is 0.278. The van der Waals surface area contributed by atoms with E-state index in [0.717, 1.165) is 11.1 Å². The molecular formula is C18H21N5O3S. The minimum atomic E-state index is -3.74. The molecule has 9 heteroatoms. The minimum Gasteiger partial charge on any atom is -0.335 e. The Morgan fingerprint density at radius 1 is 1.22 bits per heavy atom. The Morgan fingerprint density at radius 2 is 1.89 bits per heavy atom. The molecule has 0 saturated heterocycles. The number of rotatable bonds is 5. The van der Waals surface area contributed by atoms with Crippen LogP contribution in [0.1, 0.15) is 35.8 Å². The van der Waals surface area contributed by atoms with Gasteiger partial charge < -0.3 is 4.90 Å². The van der Waals surface area contributed by atoms with Gasteiger partial charge in [-0.15, -0.1) is 5.10 Å². The summed E-state index contributed by atoms with van der Waals surface area (Å²) in [6.45, 7) is 4.55. The Hall–Kier alpha value is -2.78. The predicted octanol–water partition coefficient (Wildman–Crippen LogP) is 1.93. The number of hydrogen-bond donors (Lipinski definition) is 1. The van der Waals surface area contributed by atoms with Crippen LogP contribution < -0.4 is 5.14 Å². The molecule has 0 radical (unpaired) electrons. The topological polar surface area (TPSA) is 111 Å². The molecule has 0 aliphatic rings. The first-order valence-electron chi connectivity index (χ1n) is 8.45. The standard InChI is InChI=1S/C18H21N5O3S/c1-4-23-17-10-7-14(11-16(17)20-21-23)18(24)22(3)12(2)13-5-8-15(9-6-13)27(19,25)26/h5-12H,4H2,1-3H3,(H2,19,25,26). The number of nitrogens with two attached hydrogens (primary N) is 1. The number of sulfonamides is 1. The average molecular weight is 387 g/mol. The van der Waals surface area contributed by atoms with Gasteiger partial charge in [0.15, 0.2) is 0 Å². The van der Waals surface area contributed by atoms with Crippen molar-refractivity contribution in [3.63, 3.8) is 0 Å². The van der Waals surface area contributed by atoms with Crippen LogP contribution in [0.15, 0.2) is 47.4 Å². The van der Waals surface area contributed by atoms with Gasteiger partial charge in [-0.25, -0.2) is 18.2 Å². The van der Waals surface area contributed by atoms with Crippen LogP contribution in [0, 0.1) is 0 Å². The number of aromatic nitrogens is 3. The van der Waals surface area contributed by atoms with Gasteiger partial charge in [-0.2, -0.15) is 0 Å². The number of carbonyl (C=O) groups excluding carboxylic acids is 1. The van der Waals surface area contributed by atoms with Gasteiger partial charge in [0, 0.05) is 19.2 Å². The molecule has 3 rings (SSSR count). The third-order valence-corrected chi connectivity index (χ3v) is 5.58. The number of nitrogens with zero attached hydrogens (tertiary/aromatic N) is 4. The third kappa shape index (κ3) is 3.69. The van der Waals surface area contributed by atoms with E-state index in [1.807, 2.05) is 19.9 Å². The summed E-state index contributed by atoms with van der Waals surface area (Å²) in [5.74, 6) is -0.161. The highest BCUT2D eigenvalue weighted by Gasteiger charge is 2.20. The number of aryl methyl sites for hydroxylation is 1. The molecule has 0 aliphatic carbocycles. The smallest absolute Gasteiger partial charge is 0.254 e. The molecule has 0 aliphatic heterocycles. The Morgan fingerprint density at radius 3 is 2.48 bits per heavy atom. The number of primary sulfonamides is 1. The molecule has 3 aromatic rings. The first kappa shape index (κ1) is 19.0. The average Bonchev–Trinajstić information content (AvgIpc) is 3.08. The van der Waals surface area contributed by atoms with Gasteiger partial charge in [-0.05, 0) is 49.7 Å². The molecule has 0 spiro atoms. The molecule has 1 atom stereocenters. The van der Waals surface area contributed by atoms with E-state index in [1.165, 1.54) is 12.1 Å². The molecule has 1 heterocycles. The second kappa shape index (κ2) is 7.09. The Balaban J connectivity index is 1.84. The van der Waals surface area contributed by atoms with E-state index in [0.29, 0.717) is 17.6 Å². The number of fused-ring (bicyclic) bond motifs is 1. The molecule has 0 fully saturated rings. The van der Waals surface area contributed by atoms with E-state index in [9.17, 15) is 13.2 Å². The Kier molecular flexibility index (Phi) is 4.99. The van der Waals surface area contributed by atoms with Crippen LogP contribution in [0.3, 0.4) is 0 Å². The van der Waals surface area contributed by atoms with Crippen LogP contribution in [0.5, 0.6) is 0 Å². The van der Waals surface area contributed by atoms with E-state index in [2.05, 4.69) is 10.3 Å². The van der Waals surface area contributed by atoms with E-state index in [4.69, 9.17) is 5.14 Å². The van der Waals surface area contributed by atoms with Crippen molar-refractivity contribution in [1.29, 1.82) is 0 Å². The molecule has 0 bridgehead atoms. The highest BCUT2D eigenvalue weighted by atomic mass is 32.2. The third-order valence-electron chi connectivity index (χ3n) is 4.65. The minimum absolute atomic E-state index is 0.0388. The molecule has 2 N–H and O–H groups in total. The van der Waals surface area contributed by atoms with Crippen LogP contribution >= 0.6 is 0 Å². The van der Waals surface area contributed by atoms with Crippen molar-refractivity contribution in [2.45, 2.75) is 31.3 Å². The van der Waals surface area contributed by atoms with Crippen molar-refractivity contribution in [3.8, 4) is 0 Å². The summed E-state index contributed by atoms with van der Waals surface area (Å²) in [5.41, 5.74) is 2.86. The fourth-order valence-electron chi connectivity index (χ4n) is 2.88. The molecule has 0 saturated carbocycles. The van der Waals surface area contributed by atoms with E-state index >= 15 is 0 Å². The quantitative estimate of drug-likeness (QED) is 0.719. The summed E-state index contributed by atoms with van der Waals surface area (Å²) >= 11 is 0. The monoisotopic (exact) mass is 387 g/mol. The van der Waals surface area contributed by atoms with Gasteiger partial charge in [0.05, 0.1) is 16.5 Å². The maximum absolute atomic E-state index is 12.9. The maximum Gasteiger partial charge on any atom is 0.254 e. The summed E-state index contributed by atoms with van der Waals surface area (Å²) in [7, 11) is -2.04. The van der Waals surface area contributed by atoms with Crippen molar-refractivity contribution in [2.75, 3.05) is 7.05 Å². The van der Waals surface area contributed by atoms with Crippen molar-refractivity contribution >= 4 is 27.0 Å². The zero-order valence-corrected chi connectivity index (χ0v) is 16.1.